The van der Waals surface area contributed by atoms with Crippen LogP contribution in [0.5, 0.6) is 0 Å². The van der Waals surface area contributed by atoms with Gasteiger partial charge in [0, 0.05) is 6.54 Å². The number of esters is 1. The molecule has 3 amide bonds. The van der Waals surface area contributed by atoms with Gasteiger partial charge in [-0.25, -0.2) is 22.7 Å². The van der Waals surface area contributed by atoms with E-state index in [-0.39, 0.29) is 17.0 Å². The molecule has 0 aliphatic carbocycles. The molecule has 0 fully saturated rings. The minimum Gasteiger partial charge on any atom is -0.468 e. The van der Waals surface area contributed by atoms with E-state index in [2.05, 4.69) is 15.4 Å². The molecule has 2 rings (SSSR count). The SMILES string of the molecule is CC(C)CCNC(=O)NC(=O)COC(=O)c1ccc(S(=O)(=O)NCc2ccco2)cc1. The van der Waals surface area contributed by atoms with Crippen LogP contribution in [0.15, 0.2) is 52.0 Å². The number of sulfonamides is 1. The van der Waals surface area contributed by atoms with E-state index in [1.54, 1.807) is 12.1 Å². The van der Waals surface area contributed by atoms with Gasteiger partial charge < -0.3 is 14.5 Å². The summed E-state index contributed by atoms with van der Waals surface area (Å²) in [6.45, 7) is 3.76. The largest absolute Gasteiger partial charge is 0.468 e. The molecular formula is C20H25N3O7S. The first-order valence-corrected chi connectivity index (χ1v) is 11.0. The predicted octanol–water partition coefficient (Wildman–Crippen LogP) is 1.79. The molecule has 0 bridgehead atoms. The minimum atomic E-state index is -3.80. The predicted molar refractivity (Wildman–Crippen MR) is 110 cm³/mol. The minimum absolute atomic E-state index is 0.0146. The lowest BCUT2D eigenvalue weighted by Crippen LogP contribution is -2.41. The van der Waals surface area contributed by atoms with Crippen LogP contribution in [0.4, 0.5) is 4.79 Å². The van der Waals surface area contributed by atoms with Crippen molar-refractivity contribution in [1.29, 1.82) is 0 Å². The van der Waals surface area contributed by atoms with E-state index in [0.29, 0.717) is 18.2 Å². The van der Waals surface area contributed by atoms with Gasteiger partial charge in [-0.2, -0.15) is 0 Å². The van der Waals surface area contributed by atoms with Gasteiger partial charge in [-0.1, -0.05) is 13.8 Å². The van der Waals surface area contributed by atoms with E-state index >= 15 is 0 Å². The molecule has 0 saturated heterocycles. The number of imide groups is 1. The third-order valence-electron chi connectivity index (χ3n) is 4.01. The average molecular weight is 452 g/mol. The van der Waals surface area contributed by atoms with Crippen LogP contribution in [-0.4, -0.2) is 39.5 Å². The van der Waals surface area contributed by atoms with Crippen LogP contribution in [0.1, 0.15) is 36.4 Å². The zero-order chi connectivity index (χ0) is 22.9. The Hall–Kier alpha value is -3.18. The van der Waals surface area contributed by atoms with Crippen LogP contribution in [-0.2, 0) is 26.1 Å². The van der Waals surface area contributed by atoms with Crippen molar-refractivity contribution in [3.8, 4) is 0 Å². The molecule has 0 aliphatic rings. The molecule has 3 N–H and O–H groups in total. The van der Waals surface area contributed by atoms with Crippen molar-refractivity contribution in [3.63, 3.8) is 0 Å². The van der Waals surface area contributed by atoms with E-state index in [1.807, 2.05) is 13.8 Å². The lowest BCUT2D eigenvalue weighted by atomic mass is 10.1. The zero-order valence-electron chi connectivity index (χ0n) is 17.2. The molecule has 0 saturated carbocycles. The maximum absolute atomic E-state index is 12.3. The van der Waals surface area contributed by atoms with Crippen LogP contribution in [0.3, 0.4) is 0 Å². The Balaban J connectivity index is 1.80. The Morgan fingerprint density at radius 2 is 1.81 bits per heavy atom. The van der Waals surface area contributed by atoms with Crippen molar-refractivity contribution in [2.75, 3.05) is 13.2 Å². The molecule has 1 aromatic carbocycles. The molecule has 10 nitrogen and oxygen atoms in total. The van der Waals surface area contributed by atoms with Gasteiger partial charge in [-0.3, -0.25) is 10.1 Å². The first-order chi connectivity index (χ1) is 14.7. The zero-order valence-corrected chi connectivity index (χ0v) is 18.0. The van der Waals surface area contributed by atoms with E-state index in [1.165, 1.54) is 30.5 Å². The highest BCUT2D eigenvalue weighted by Gasteiger charge is 2.17. The maximum Gasteiger partial charge on any atom is 0.338 e. The number of amides is 3. The maximum atomic E-state index is 12.3. The van der Waals surface area contributed by atoms with E-state index in [4.69, 9.17) is 9.15 Å². The van der Waals surface area contributed by atoms with Gasteiger partial charge in [0.2, 0.25) is 10.0 Å². The third-order valence-corrected chi connectivity index (χ3v) is 5.43. The number of ether oxygens (including phenoxy) is 1. The standard InChI is InChI=1S/C20H25N3O7S/c1-14(2)9-10-21-20(26)23-18(24)13-30-19(25)15-5-7-17(8-6-15)31(27,28)22-12-16-4-3-11-29-16/h3-8,11,14,22H,9-10,12-13H2,1-2H3,(H2,21,23,24,26). The number of hydrogen-bond donors (Lipinski definition) is 3. The van der Waals surface area contributed by atoms with Gasteiger partial charge in [-0.05, 0) is 48.7 Å². The normalized spacial score (nSPS) is 11.2. The molecule has 0 unspecified atom stereocenters. The summed E-state index contributed by atoms with van der Waals surface area (Å²) in [6.07, 6.45) is 2.20. The Morgan fingerprint density at radius 1 is 1.10 bits per heavy atom. The first-order valence-electron chi connectivity index (χ1n) is 9.54. The lowest BCUT2D eigenvalue weighted by Gasteiger charge is -2.09. The summed E-state index contributed by atoms with van der Waals surface area (Å²) >= 11 is 0. The number of urea groups is 1. The number of hydrogen-bond acceptors (Lipinski definition) is 7. The second-order valence-electron chi connectivity index (χ2n) is 6.99. The molecular weight excluding hydrogens is 426 g/mol. The van der Waals surface area contributed by atoms with Gasteiger partial charge in [0.05, 0.1) is 23.3 Å². The van der Waals surface area contributed by atoms with Gasteiger partial charge >= 0.3 is 12.0 Å². The van der Waals surface area contributed by atoms with Crippen LogP contribution in [0, 0.1) is 5.92 Å². The van der Waals surface area contributed by atoms with Crippen molar-refractivity contribution >= 4 is 27.9 Å². The van der Waals surface area contributed by atoms with Gasteiger partial charge in [0.15, 0.2) is 6.61 Å². The molecule has 0 atom stereocenters. The Kier molecular flexibility index (Phi) is 8.76. The summed E-state index contributed by atoms with van der Waals surface area (Å²) < 4.78 is 36.8. The quantitative estimate of drug-likeness (QED) is 0.467. The van der Waals surface area contributed by atoms with Gasteiger partial charge in [0.1, 0.15) is 5.76 Å². The number of nitrogens with one attached hydrogen (secondary N) is 3. The number of benzene rings is 1. The van der Waals surface area contributed by atoms with Crippen molar-refractivity contribution < 1.29 is 32.0 Å². The van der Waals surface area contributed by atoms with Crippen molar-refractivity contribution in [2.45, 2.75) is 31.7 Å². The van der Waals surface area contributed by atoms with E-state index < -0.39 is 34.5 Å². The third kappa shape index (κ3) is 8.22. The summed E-state index contributed by atoms with van der Waals surface area (Å²) in [5.74, 6) is -0.750. The molecule has 0 radical (unpaired) electrons. The fourth-order valence-corrected chi connectivity index (χ4v) is 3.32. The Labute approximate surface area is 180 Å². The summed E-state index contributed by atoms with van der Waals surface area (Å²) in [6, 6.07) is 7.61. The fourth-order valence-electron chi connectivity index (χ4n) is 2.33. The first kappa shape index (κ1) is 24.1. The van der Waals surface area contributed by atoms with Crippen LogP contribution < -0.4 is 15.4 Å². The van der Waals surface area contributed by atoms with Crippen molar-refractivity contribution in [1.82, 2.24) is 15.4 Å². The summed E-state index contributed by atoms with van der Waals surface area (Å²) in [4.78, 5) is 35.2. The van der Waals surface area contributed by atoms with E-state index in [9.17, 15) is 22.8 Å². The van der Waals surface area contributed by atoms with Crippen LogP contribution in [0.25, 0.3) is 0 Å². The molecule has 0 spiro atoms. The second kappa shape index (κ2) is 11.3. The Bertz CT molecular complexity index is 984. The van der Waals surface area contributed by atoms with E-state index in [0.717, 1.165) is 6.42 Å². The lowest BCUT2D eigenvalue weighted by molar-refractivity contribution is -0.123. The van der Waals surface area contributed by atoms with Crippen molar-refractivity contribution in [2.24, 2.45) is 5.92 Å². The number of carbonyl (C=O) groups excluding carboxylic acids is 3. The van der Waals surface area contributed by atoms with Crippen LogP contribution in [0.2, 0.25) is 0 Å². The highest BCUT2D eigenvalue weighted by molar-refractivity contribution is 7.89. The summed E-state index contributed by atoms with van der Waals surface area (Å²) in [7, 11) is -3.80. The Morgan fingerprint density at radius 3 is 2.42 bits per heavy atom. The smallest absolute Gasteiger partial charge is 0.338 e. The highest BCUT2D eigenvalue weighted by atomic mass is 32.2. The van der Waals surface area contributed by atoms with Gasteiger partial charge in [-0.15, -0.1) is 0 Å². The highest BCUT2D eigenvalue weighted by Crippen LogP contribution is 2.12. The average Bonchev–Trinajstić information content (AvgIpc) is 3.24. The summed E-state index contributed by atoms with van der Waals surface area (Å²) in [5.41, 5.74) is 0.0548. The molecule has 1 heterocycles. The molecule has 1 aromatic heterocycles. The topological polar surface area (TPSA) is 144 Å². The fraction of sp³-hybridized carbons (Fsp3) is 0.350. The second-order valence-corrected chi connectivity index (χ2v) is 8.76. The molecule has 11 heteroatoms. The molecule has 31 heavy (non-hydrogen) atoms. The van der Waals surface area contributed by atoms with Crippen LogP contribution >= 0.6 is 0 Å². The van der Waals surface area contributed by atoms with Crippen molar-refractivity contribution in [3.05, 3.63) is 54.0 Å². The molecule has 168 valence electrons. The number of furan rings is 1. The number of rotatable bonds is 10. The van der Waals surface area contributed by atoms with Gasteiger partial charge in [0.25, 0.3) is 5.91 Å². The monoisotopic (exact) mass is 451 g/mol. The summed E-state index contributed by atoms with van der Waals surface area (Å²) in [5, 5.41) is 4.58. The number of carbonyl (C=O) groups is 3. The molecule has 0 aliphatic heterocycles. The molecule has 2 aromatic rings.